The summed E-state index contributed by atoms with van der Waals surface area (Å²) in [6, 6.07) is 6.61. The lowest BCUT2D eigenvalue weighted by Gasteiger charge is -2.17. The summed E-state index contributed by atoms with van der Waals surface area (Å²) in [5.41, 5.74) is 5.52. The highest BCUT2D eigenvalue weighted by Crippen LogP contribution is 2.22. The van der Waals surface area contributed by atoms with E-state index < -0.39 is 17.8 Å². The van der Waals surface area contributed by atoms with Gasteiger partial charge in [-0.15, -0.1) is 0 Å². The number of amides is 1. The molecule has 2 N–H and O–H groups in total. The molecule has 1 atom stereocenters. The van der Waals surface area contributed by atoms with Gasteiger partial charge in [-0.25, -0.2) is 0 Å². The van der Waals surface area contributed by atoms with Gasteiger partial charge in [0.1, 0.15) is 5.75 Å². The highest BCUT2D eigenvalue weighted by molar-refractivity contribution is 5.83. The van der Waals surface area contributed by atoms with Gasteiger partial charge in [0.05, 0.1) is 6.61 Å². The molecule has 1 aromatic rings. The Balaban J connectivity index is 2.68. The molecule has 0 aromatic heterocycles. The van der Waals surface area contributed by atoms with E-state index in [-0.39, 0.29) is 6.42 Å². The summed E-state index contributed by atoms with van der Waals surface area (Å²) in [6.07, 6.45) is 0.682. The van der Waals surface area contributed by atoms with Crippen LogP contribution in [0.15, 0.2) is 24.3 Å². The summed E-state index contributed by atoms with van der Waals surface area (Å²) >= 11 is 0. The lowest BCUT2D eigenvalue weighted by atomic mass is 9.95. The van der Waals surface area contributed by atoms with Crippen LogP contribution in [-0.4, -0.2) is 18.5 Å². The summed E-state index contributed by atoms with van der Waals surface area (Å²) in [7, 11) is 0. The van der Waals surface area contributed by atoms with E-state index in [2.05, 4.69) is 13.8 Å². The maximum Gasteiger partial charge on any atom is 0.218 e. The first-order valence-electron chi connectivity index (χ1n) is 6.62. The Bertz CT molecular complexity index is 453. The number of nitrogens with two attached hydrogens (primary N) is 1. The predicted molar refractivity (Wildman–Crippen MR) is 73.0 cm³/mol. The Hall–Kier alpha value is -2.04. The fraction of sp³-hybridized carbons (Fsp3) is 0.467. The maximum absolute atomic E-state index is 11.0. The van der Waals surface area contributed by atoms with Crippen LogP contribution in [0.4, 0.5) is 0 Å². The smallest absolute Gasteiger partial charge is 0.218 e. The first-order valence-corrected chi connectivity index (χ1v) is 6.62. The molecule has 1 aromatic carbocycles. The molecule has 0 radical (unpaired) electrons. The van der Waals surface area contributed by atoms with Gasteiger partial charge in [-0.1, -0.05) is 26.0 Å². The number of hydrogen-bond donors (Lipinski definition) is 1. The molecular weight excluding hydrogens is 258 g/mol. The third kappa shape index (κ3) is 5.30. The van der Waals surface area contributed by atoms with Gasteiger partial charge in [0.25, 0.3) is 0 Å². The quantitative estimate of drug-likeness (QED) is 0.762. The van der Waals surface area contributed by atoms with Crippen LogP contribution in [0.2, 0.25) is 0 Å². The number of rotatable bonds is 8. The molecular formula is C15H20NO4-. The number of primary amides is 1. The zero-order chi connectivity index (χ0) is 15.1. The lowest BCUT2D eigenvalue weighted by molar-refractivity contribution is -0.308. The fourth-order valence-electron chi connectivity index (χ4n) is 1.75. The van der Waals surface area contributed by atoms with Crippen molar-refractivity contribution in [2.24, 2.45) is 11.7 Å². The lowest BCUT2D eigenvalue weighted by Crippen LogP contribution is -2.32. The first-order chi connectivity index (χ1) is 9.40. The third-order valence-corrected chi connectivity index (χ3v) is 2.94. The molecule has 0 spiro atoms. The minimum absolute atomic E-state index is 0.268. The highest BCUT2D eigenvalue weighted by Gasteiger charge is 2.15. The van der Waals surface area contributed by atoms with E-state index in [1.807, 2.05) is 0 Å². The van der Waals surface area contributed by atoms with Crippen LogP contribution in [0.1, 0.15) is 38.2 Å². The second-order valence-corrected chi connectivity index (χ2v) is 5.14. The molecule has 1 rings (SSSR count). The topological polar surface area (TPSA) is 92.5 Å². The van der Waals surface area contributed by atoms with Crippen molar-refractivity contribution in [1.82, 2.24) is 0 Å². The second kappa shape index (κ2) is 7.53. The Morgan fingerprint density at radius 3 is 2.30 bits per heavy atom. The van der Waals surface area contributed by atoms with Crippen LogP contribution in [0.5, 0.6) is 5.75 Å². The van der Waals surface area contributed by atoms with Gasteiger partial charge in [0, 0.05) is 18.3 Å². The zero-order valence-corrected chi connectivity index (χ0v) is 11.8. The van der Waals surface area contributed by atoms with Crippen LogP contribution in [-0.2, 0) is 9.59 Å². The van der Waals surface area contributed by atoms with Gasteiger partial charge in [0.2, 0.25) is 5.91 Å². The number of carbonyl (C=O) groups excluding carboxylic acids is 2. The van der Waals surface area contributed by atoms with Crippen molar-refractivity contribution in [3.63, 3.8) is 0 Å². The summed E-state index contributed by atoms with van der Waals surface area (Å²) in [6.45, 7) is 4.84. The molecule has 5 nitrogen and oxygen atoms in total. The van der Waals surface area contributed by atoms with Crippen LogP contribution < -0.4 is 15.6 Å². The molecule has 0 fully saturated rings. The largest absolute Gasteiger partial charge is 0.549 e. The van der Waals surface area contributed by atoms with E-state index in [9.17, 15) is 14.7 Å². The van der Waals surface area contributed by atoms with Crippen LogP contribution in [0, 0.1) is 5.92 Å². The van der Waals surface area contributed by atoms with E-state index in [0.29, 0.717) is 23.8 Å². The molecule has 1 amide bonds. The zero-order valence-electron chi connectivity index (χ0n) is 11.8. The number of carboxylic acids is 1. The van der Waals surface area contributed by atoms with Crippen molar-refractivity contribution < 1.29 is 19.4 Å². The van der Waals surface area contributed by atoms with E-state index in [0.717, 1.165) is 6.42 Å². The molecule has 0 heterocycles. The maximum atomic E-state index is 11.0. The molecule has 5 heteroatoms. The van der Waals surface area contributed by atoms with Crippen molar-refractivity contribution in [3.05, 3.63) is 29.8 Å². The number of carbonyl (C=O) groups is 2. The Morgan fingerprint density at radius 1 is 1.25 bits per heavy atom. The number of hydrogen-bond acceptors (Lipinski definition) is 4. The highest BCUT2D eigenvalue weighted by atomic mass is 16.5. The summed E-state index contributed by atoms with van der Waals surface area (Å²) in [5.74, 6) is -1.76. The molecule has 0 saturated heterocycles. The minimum atomic E-state index is -1.31. The van der Waals surface area contributed by atoms with Crippen molar-refractivity contribution >= 4 is 11.9 Å². The number of benzene rings is 1. The Kier molecular flexibility index (Phi) is 6.03. The first kappa shape index (κ1) is 16.0. The minimum Gasteiger partial charge on any atom is -0.549 e. The molecule has 0 bridgehead atoms. The summed E-state index contributed by atoms with van der Waals surface area (Å²) in [5, 5.41) is 11.0. The van der Waals surface area contributed by atoms with Gasteiger partial charge >= 0.3 is 0 Å². The van der Waals surface area contributed by atoms with E-state index >= 15 is 0 Å². The predicted octanol–water partition coefficient (Wildman–Crippen LogP) is 0.820. The van der Waals surface area contributed by atoms with E-state index in [4.69, 9.17) is 10.5 Å². The number of carboxylic acid groups (broad SMARTS) is 1. The van der Waals surface area contributed by atoms with Crippen LogP contribution >= 0.6 is 0 Å². The van der Waals surface area contributed by atoms with Crippen molar-refractivity contribution in [2.45, 2.75) is 32.6 Å². The molecule has 0 aliphatic rings. The van der Waals surface area contributed by atoms with Crippen LogP contribution in [0.3, 0.4) is 0 Å². The molecule has 0 aliphatic carbocycles. The molecule has 0 saturated carbocycles. The van der Waals surface area contributed by atoms with Crippen LogP contribution in [0.25, 0.3) is 0 Å². The Labute approximate surface area is 118 Å². The standard InChI is InChI=1S/C15H21NO4/c1-10(2)7-8-20-12-5-3-11(4-6-12)13(15(18)19)9-14(16)17/h3-6,10,13H,7-9H2,1-2H3,(H2,16,17)(H,18,19)/p-1. The van der Waals surface area contributed by atoms with Crippen molar-refractivity contribution in [1.29, 1.82) is 0 Å². The monoisotopic (exact) mass is 278 g/mol. The number of ether oxygens (including phenoxy) is 1. The normalized spacial score (nSPS) is 12.2. The van der Waals surface area contributed by atoms with E-state index in [1.165, 1.54) is 0 Å². The van der Waals surface area contributed by atoms with Gasteiger partial charge in [0.15, 0.2) is 0 Å². The number of aliphatic carboxylic acids is 1. The van der Waals surface area contributed by atoms with E-state index in [1.54, 1.807) is 24.3 Å². The van der Waals surface area contributed by atoms with Crippen molar-refractivity contribution in [2.75, 3.05) is 6.61 Å². The van der Waals surface area contributed by atoms with Gasteiger partial charge in [-0.2, -0.15) is 0 Å². The average Bonchev–Trinajstić information content (AvgIpc) is 2.36. The molecule has 20 heavy (non-hydrogen) atoms. The van der Waals surface area contributed by atoms with Gasteiger partial charge < -0.3 is 20.4 Å². The average molecular weight is 278 g/mol. The fourth-order valence-corrected chi connectivity index (χ4v) is 1.75. The third-order valence-electron chi connectivity index (χ3n) is 2.94. The Morgan fingerprint density at radius 2 is 1.85 bits per heavy atom. The summed E-state index contributed by atoms with van der Waals surface area (Å²) in [4.78, 5) is 21.9. The van der Waals surface area contributed by atoms with Gasteiger partial charge in [-0.05, 0) is 30.0 Å². The second-order valence-electron chi connectivity index (χ2n) is 5.14. The summed E-state index contributed by atoms with van der Waals surface area (Å²) < 4.78 is 5.54. The van der Waals surface area contributed by atoms with Gasteiger partial charge in [-0.3, -0.25) is 4.79 Å². The molecule has 110 valence electrons. The SMILES string of the molecule is CC(C)CCOc1ccc(C(CC(N)=O)C(=O)[O-])cc1. The molecule has 1 unspecified atom stereocenters. The molecule has 0 aliphatic heterocycles. The van der Waals surface area contributed by atoms with Crippen molar-refractivity contribution in [3.8, 4) is 5.75 Å².